The molecule has 1 N–H and O–H groups in total. The van der Waals surface area contributed by atoms with Gasteiger partial charge in [-0.1, -0.05) is 54.4 Å². The lowest BCUT2D eigenvalue weighted by Gasteiger charge is -2.28. The maximum Gasteiger partial charge on any atom is 0.252 e. The minimum atomic E-state index is 0.0206. The second kappa shape index (κ2) is 7.29. The first-order valence-corrected chi connectivity index (χ1v) is 10.9. The average molecular weight is 385 g/mol. The lowest BCUT2D eigenvalue weighted by molar-refractivity contribution is 0.0917. The van der Waals surface area contributed by atoms with Crippen molar-refractivity contribution in [3.05, 3.63) is 65.7 Å². The van der Waals surface area contributed by atoms with Gasteiger partial charge in [0.1, 0.15) is 0 Å². The Morgan fingerprint density at radius 2 is 1.86 bits per heavy atom. The molecule has 4 atom stereocenters. The van der Waals surface area contributed by atoms with Gasteiger partial charge in [0.05, 0.1) is 16.8 Å². The maximum atomic E-state index is 13.3. The monoisotopic (exact) mass is 384 g/mol. The highest BCUT2D eigenvalue weighted by atomic mass is 16.1. The Hall–Kier alpha value is -2.68. The maximum absolute atomic E-state index is 13.3. The van der Waals surface area contributed by atoms with E-state index in [0.717, 1.165) is 39.6 Å². The fraction of sp³-hybridized carbons (Fsp3) is 0.385. The van der Waals surface area contributed by atoms with Gasteiger partial charge < -0.3 is 5.32 Å². The molecule has 1 amide bonds. The molecular formula is C26H28N2O. The first-order valence-electron chi connectivity index (χ1n) is 10.9. The number of pyridine rings is 1. The number of aromatic nitrogens is 1. The third-order valence-electron chi connectivity index (χ3n) is 7.10. The Morgan fingerprint density at radius 1 is 1.07 bits per heavy atom. The number of nitrogens with one attached hydrogen (secondary N) is 1. The lowest BCUT2D eigenvalue weighted by Crippen LogP contribution is -2.40. The summed E-state index contributed by atoms with van der Waals surface area (Å²) in [6.45, 7) is 4.26. The van der Waals surface area contributed by atoms with Crippen LogP contribution in [-0.2, 0) is 0 Å². The molecule has 2 aromatic carbocycles. The molecule has 5 rings (SSSR count). The molecule has 2 saturated carbocycles. The van der Waals surface area contributed by atoms with E-state index in [-0.39, 0.29) is 11.9 Å². The first kappa shape index (κ1) is 18.4. The van der Waals surface area contributed by atoms with Crippen molar-refractivity contribution in [3.63, 3.8) is 0 Å². The molecule has 29 heavy (non-hydrogen) atoms. The van der Waals surface area contributed by atoms with Gasteiger partial charge in [0.15, 0.2) is 0 Å². The van der Waals surface area contributed by atoms with E-state index in [2.05, 4.69) is 43.4 Å². The summed E-state index contributed by atoms with van der Waals surface area (Å²) in [5.41, 5.74) is 4.69. The highest BCUT2D eigenvalue weighted by Crippen LogP contribution is 2.49. The van der Waals surface area contributed by atoms with Crippen LogP contribution in [0.1, 0.15) is 48.5 Å². The van der Waals surface area contributed by atoms with Crippen molar-refractivity contribution >= 4 is 16.8 Å². The van der Waals surface area contributed by atoms with Crippen LogP contribution < -0.4 is 5.32 Å². The zero-order chi connectivity index (χ0) is 20.0. The Kier molecular flexibility index (Phi) is 4.61. The zero-order valence-electron chi connectivity index (χ0n) is 17.2. The minimum Gasteiger partial charge on any atom is -0.349 e. The minimum absolute atomic E-state index is 0.0206. The van der Waals surface area contributed by atoms with Gasteiger partial charge in [0.25, 0.3) is 5.91 Å². The molecule has 2 bridgehead atoms. The molecule has 148 valence electrons. The molecule has 0 spiro atoms. The molecule has 3 heteroatoms. The quantitative estimate of drug-likeness (QED) is 0.621. The van der Waals surface area contributed by atoms with Crippen molar-refractivity contribution in [3.8, 4) is 11.3 Å². The van der Waals surface area contributed by atoms with Crippen LogP contribution >= 0.6 is 0 Å². The molecule has 2 aliphatic rings. The highest BCUT2D eigenvalue weighted by molar-refractivity contribution is 6.07. The number of benzene rings is 2. The number of aryl methyl sites for hydroxylation is 1. The normalized spacial score (nSPS) is 24.0. The number of carbonyl (C=O) groups is 1. The highest BCUT2D eigenvalue weighted by Gasteiger charge is 2.42. The summed E-state index contributed by atoms with van der Waals surface area (Å²) < 4.78 is 0. The van der Waals surface area contributed by atoms with Crippen molar-refractivity contribution < 1.29 is 4.79 Å². The summed E-state index contributed by atoms with van der Waals surface area (Å²) >= 11 is 0. The lowest BCUT2D eigenvalue weighted by atomic mass is 9.84. The summed E-state index contributed by atoms with van der Waals surface area (Å²) in [4.78, 5) is 18.2. The fourth-order valence-electron chi connectivity index (χ4n) is 5.53. The van der Waals surface area contributed by atoms with E-state index in [9.17, 15) is 4.79 Å². The van der Waals surface area contributed by atoms with Crippen LogP contribution in [0, 0.1) is 24.7 Å². The summed E-state index contributed by atoms with van der Waals surface area (Å²) in [5, 5.41) is 4.25. The van der Waals surface area contributed by atoms with Crippen molar-refractivity contribution in [2.45, 2.75) is 45.6 Å². The van der Waals surface area contributed by atoms with Gasteiger partial charge in [-0.05, 0) is 63.0 Å². The number of para-hydroxylation sites is 1. The van der Waals surface area contributed by atoms with Gasteiger partial charge in [-0.15, -0.1) is 0 Å². The summed E-state index contributed by atoms with van der Waals surface area (Å²) in [7, 11) is 0. The first-order chi connectivity index (χ1) is 14.1. The van der Waals surface area contributed by atoms with Gasteiger partial charge in [-0.2, -0.15) is 0 Å². The second-order valence-electron chi connectivity index (χ2n) is 9.04. The molecule has 2 aliphatic carbocycles. The molecule has 0 aliphatic heterocycles. The van der Waals surface area contributed by atoms with E-state index in [0.29, 0.717) is 5.92 Å². The van der Waals surface area contributed by atoms with E-state index >= 15 is 0 Å². The predicted molar refractivity (Wildman–Crippen MR) is 118 cm³/mol. The third-order valence-corrected chi connectivity index (χ3v) is 7.10. The van der Waals surface area contributed by atoms with Gasteiger partial charge in [0, 0.05) is 17.0 Å². The van der Waals surface area contributed by atoms with E-state index < -0.39 is 0 Å². The van der Waals surface area contributed by atoms with Crippen LogP contribution in [0.3, 0.4) is 0 Å². The van der Waals surface area contributed by atoms with Gasteiger partial charge in [-0.25, -0.2) is 4.98 Å². The van der Waals surface area contributed by atoms with E-state index in [1.165, 1.54) is 31.2 Å². The number of hydrogen-bond acceptors (Lipinski definition) is 2. The molecule has 0 unspecified atom stereocenters. The topological polar surface area (TPSA) is 42.0 Å². The Bertz CT molecular complexity index is 1060. The number of amides is 1. The zero-order valence-corrected chi connectivity index (χ0v) is 17.2. The number of hydrogen-bond donors (Lipinski definition) is 1. The molecule has 3 aromatic rings. The molecule has 0 radical (unpaired) electrons. The standard InChI is InChI=1S/C26H28N2O/c1-16-7-10-19(11-8-16)25-15-23(21-5-3-4-6-24(21)28-25)26(29)27-17(2)22-14-18-9-12-20(22)13-18/h3-8,10-11,15,17-18,20,22H,9,12-14H2,1-2H3,(H,27,29)/t17-,18-,20-,22-/m1/s1. The van der Waals surface area contributed by atoms with Gasteiger partial charge >= 0.3 is 0 Å². The van der Waals surface area contributed by atoms with E-state index in [4.69, 9.17) is 4.98 Å². The number of nitrogens with zero attached hydrogens (tertiary/aromatic N) is 1. The Labute approximate surface area is 172 Å². The van der Waals surface area contributed by atoms with Crippen LogP contribution in [0.25, 0.3) is 22.2 Å². The largest absolute Gasteiger partial charge is 0.349 e. The second-order valence-corrected chi connectivity index (χ2v) is 9.04. The smallest absolute Gasteiger partial charge is 0.252 e. The SMILES string of the molecule is Cc1ccc(-c2cc(C(=O)N[C@H](C)[C@H]3C[C@@H]4CC[C@@H]3C4)c3ccccc3n2)cc1. The summed E-state index contributed by atoms with van der Waals surface area (Å²) in [6, 6.07) is 18.4. The molecule has 2 fully saturated rings. The van der Waals surface area contributed by atoms with Crippen molar-refractivity contribution in [1.29, 1.82) is 0 Å². The molecule has 1 heterocycles. The van der Waals surface area contributed by atoms with Crippen LogP contribution in [0.4, 0.5) is 0 Å². The summed E-state index contributed by atoms with van der Waals surface area (Å²) in [6.07, 6.45) is 5.36. The van der Waals surface area contributed by atoms with E-state index in [1.54, 1.807) is 0 Å². The average Bonchev–Trinajstić information content (AvgIpc) is 3.37. The van der Waals surface area contributed by atoms with Crippen LogP contribution in [-0.4, -0.2) is 16.9 Å². The van der Waals surface area contributed by atoms with Crippen LogP contribution in [0.5, 0.6) is 0 Å². The third kappa shape index (κ3) is 3.43. The predicted octanol–water partition coefficient (Wildman–Crippen LogP) is 5.76. The fourth-order valence-corrected chi connectivity index (χ4v) is 5.53. The van der Waals surface area contributed by atoms with Crippen molar-refractivity contribution in [1.82, 2.24) is 10.3 Å². The Morgan fingerprint density at radius 3 is 2.59 bits per heavy atom. The van der Waals surface area contributed by atoms with Gasteiger partial charge in [-0.3, -0.25) is 4.79 Å². The van der Waals surface area contributed by atoms with Crippen LogP contribution in [0.2, 0.25) is 0 Å². The molecule has 0 saturated heterocycles. The molecular weight excluding hydrogens is 356 g/mol. The van der Waals surface area contributed by atoms with Gasteiger partial charge in [0.2, 0.25) is 0 Å². The van der Waals surface area contributed by atoms with Crippen LogP contribution in [0.15, 0.2) is 54.6 Å². The number of fused-ring (bicyclic) bond motifs is 3. The van der Waals surface area contributed by atoms with Crippen molar-refractivity contribution in [2.75, 3.05) is 0 Å². The molecule has 3 nitrogen and oxygen atoms in total. The van der Waals surface area contributed by atoms with E-state index in [1.807, 2.05) is 30.3 Å². The number of carbonyl (C=O) groups excluding carboxylic acids is 1. The Balaban J connectivity index is 1.47. The number of rotatable bonds is 4. The summed E-state index contributed by atoms with van der Waals surface area (Å²) in [5.74, 6) is 2.33. The molecule has 1 aromatic heterocycles. The van der Waals surface area contributed by atoms with Crippen molar-refractivity contribution in [2.24, 2.45) is 17.8 Å².